The first kappa shape index (κ1) is 15.8. The van der Waals surface area contributed by atoms with Gasteiger partial charge in [-0.1, -0.05) is 23.7 Å². The molecule has 1 amide bonds. The number of nitro groups is 1. The summed E-state index contributed by atoms with van der Waals surface area (Å²) in [5, 5.41) is 10.4. The molecule has 0 spiro atoms. The van der Waals surface area contributed by atoms with Crippen LogP contribution in [0.4, 0.5) is 15.8 Å². The van der Waals surface area contributed by atoms with Gasteiger partial charge < -0.3 is 0 Å². The van der Waals surface area contributed by atoms with Crippen molar-refractivity contribution in [1.82, 2.24) is 0 Å². The first-order valence-electron chi connectivity index (χ1n) is 6.60. The Morgan fingerprint density at radius 2 is 2.09 bits per heavy atom. The molecule has 8 heteroatoms. The van der Waals surface area contributed by atoms with Crippen molar-refractivity contribution in [3.63, 3.8) is 0 Å². The maximum absolute atomic E-state index is 13.3. The van der Waals surface area contributed by atoms with Gasteiger partial charge >= 0.3 is 0 Å². The normalized spacial score (nSPS) is 17.6. The number of hydrogen-bond donors (Lipinski definition) is 0. The molecule has 0 saturated carbocycles. The molecule has 1 fully saturated rings. The minimum atomic E-state index is -0.568. The molecule has 1 aliphatic heterocycles. The van der Waals surface area contributed by atoms with Crippen LogP contribution in [0.15, 0.2) is 42.5 Å². The zero-order chi connectivity index (χ0) is 16.6. The standard InChI is InChI=1S/C15H10ClFN2O3S/c16-12-7-10(4-5-13(12)17)18-14(20)8-23-15(18)9-2-1-3-11(6-9)19(21)22/h1-7,15H,8H2. The average molecular weight is 353 g/mol. The lowest BCUT2D eigenvalue weighted by atomic mass is 10.1. The number of carbonyl (C=O) groups is 1. The first-order valence-corrected chi connectivity index (χ1v) is 8.03. The summed E-state index contributed by atoms with van der Waals surface area (Å²) in [7, 11) is 0. The topological polar surface area (TPSA) is 63.4 Å². The second-order valence-corrected chi connectivity index (χ2v) is 6.35. The Morgan fingerprint density at radius 3 is 2.78 bits per heavy atom. The third-order valence-electron chi connectivity index (χ3n) is 3.42. The highest BCUT2D eigenvalue weighted by atomic mass is 35.5. The monoisotopic (exact) mass is 352 g/mol. The quantitative estimate of drug-likeness (QED) is 0.614. The molecule has 0 N–H and O–H groups in total. The van der Waals surface area contributed by atoms with Crippen LogP contribution in [-0.2, 0) is 4.79 Å². The Labute approximate surface area is 140 Å². The predicted octanol–water partition coefficient (Wildman–Crippen LogP) is 4.17. The van der Waals surface area contributed by atoms with Crippen molar-refractivity contribution in [2.75, 3.05) is 10.7 Å². The second kappa shape index (κ2) is 6.17. The first-order chi connectivity index (χ1) is 11.0. The molecule has 1 atom stereocenters. The van der Waals surface area contributed by atoms with Gasteiger partial charge in [0.25, 0.3) is 5.69 Å². The van der Waals surface area contributed by atoms with Crippen LogP contribution in [0.25, 0.3) is 0 Å². The molecular weight excluding hydrogens is 343 g/mol. The highest BCUT2D eigenvalue weighted by molar-refractivity contribution is 8.00. The van der Waals surface area contributed by atoms with Gasteiger partial charge in [0.2, 0.25) is 5.91 Å². The zero-order valence-electron chi connectivity index (χ0n) is 11.6. The van der Waals surface area contributed by atoms with Gasteiger partial charge in [0.1, 0.15) is 11.2 Å². The molecule has 0 bridgehead atoms. The minimum absolute atomic E-state index is 0.0421. The van der Waals surface area contributed by atoms with E-state index < -0.39 is 16.1 Å². The molecule has 0 aliphatic carbocycles. The fourth-order valence-electron chi connectivity index (χ4n) is 2.38. The lowest BCUT2D eigenvalue weighted by molar-refractivity contribution is -0.384. The van der Waals surface area contributed by atoms with E-state index in [1.807, 2.05) is 0 Å². The maximum atomic E-state index is 13.3. The SMILES string of the molecule is O=C1CSC(c2cccc([N+](=O)[O-])c2)N1c1ccc(F)c(Cl)c1. The van der Waals surface area contributed by atoms with Gasteiger partial charge in [-0.2, -0.15) is 0 Å². The van der Waals surface area contributed by atoms with Crippen LogP contribution in [0.5, 0.6) is 0 Å². The molecular formula is C15H10ClFN2O3S. The Morgan fingerprint density at radius 1 is 1.30 bits per heavy atom. The van der Waals surface area contributed by atoms with E-state index in [0.717, 1.165) is 0 Å². The Hall–Kier alpha value is -2.12. The molecule has 1 unspecified atom stereocenters. The van der Waals surface area contributed by atoms with Crippen LogP contribution < -0.4 is 4.90 Å². The second-order valence-electron chi connectivity index (χ2n) is 4.88. The van der Waals surface area contributed by atoms with Crippen molar-refractivity contribution in [3.8, 4) is 0 Å². The maximum Gasteiger partial charge on any atom is 0.269 e. The third kappa shape index (κ3) is 3.02. The minimum Gasteiger partial charge on any atom is -0.295 e. The Kier molecular flexibility index (Phi) is 4.23. The lowest BCUT2D eigenvalue weighted by Gasteiger charge is -2.24. The van der Waals surface area contributed by atoms with Gasteiger partial charge in [0, 0.05) is 17.8 Å². The summed E-state index contributed by atoms with van der Waals surface area (Å²) >= 11 is 7.15. The molecule has 1 saturated heterocycles. The number of nitrogens with zero attached hydrogens (tertiary/aromatic N) is 2. The van der Waals surface area contributed by atoms with E-state index in [1.165, 1.54) is 47.0 Å². The third-order valence-corrected chi connectivity index (χ3v) is 4.92. The summed E-state index contributed by atoms with van der Waals surface area (Å²) in [6.07, 6.45) is 0. The number of rotatable bonds is 3. The molecule has 2 aromatic rings. The molecule has 1 aliphatic rings. The van der Waals surface area contributed by atoms with Crippen molar-refractivity contribution in [3.05, 3.63) is 69.0 Å². The van der Waals surface area contributed by atoms with Gasteiger partial charge in [0.05, 0.1) is 15.7 Å². The van der Waals surface area contributed by atoms with Crippen molar-refractivity contribution in [2.45, 2.75) is 5.37 Å². The summed E-state index contributed by atoms with van der Waals surface area (Å²) in [6, 6.07) is 10.2. The number of amides is 1. The molecule has 23 heavy (non-hydrogen) atoms. The van der Waals surface area contributed by atoms with Gasteiger partial charge in [0.15, 0.2) is 0 Å². The Balaban J connectivity index is 2.01. The predicted molar refractivity (Wildman–Crippen MR) is 87.2 cm³/mol. The number of carbonyl (C=O) groups excluding carboxylic acids is 1. The van der Waals surface area contributed by atoms with E-state index in [0.29, 0.717) is 11.3 Å². The molecule has 2 aromatic carbocycles. The van der Waals surface area contributed by atoms with E-state index >= 15 is 0 Å². The number of nitro benzene ring substituents is 1. The number of benzene rings is 2. The number of halogens is 2. The summed E-state index contributed by atoms with van der Waals surface area (Å²) in [4.78, 5) is 24.1. The number of thioether (sulfide) groups is 1. The average Bonchev–Trinajstić information content (AvgIpc) is 2.92. The van der Waals surface area contributed by atoms with Crippen molar-refractivity contribution >= 4 is 40.6 Å². The van der Waals surface area contributed by atoms with Gasteiger partial charge in [-0.05, 0) is 23.8 Å². The fraction of sp³-hybridized carbons (Fsp3) is 0.133. The summed E-state index contributed by atoms with van der Waals surface area (Å²) < 4.78 is 13.3. The number of anilines is 1. The van der Waals surface area contributed by atoms with E-state index in [2.05, 4.69) is 0 Å². The largest absolute Gasteiger partial charge is 0.295 e. The molecule has 0 radical (unpaired) electrons. The van der Waals surface area contributed by atoms with E-state index in [1.54, 1.807) is 12.1 Å². The number of hydrogen-bond acceptors (Lipinski definition) is 4. The fourth-order valence-corrected chi connectivity index (χ4v) is 3.72. The van der Waals surface area contributed by atoms with E-state index in [-0.39, 0.29) is 22.4 Å². The highest BCUT2D eigenvalue weighted by Gasteiger charge is 2.34. The lowest BCUT2D eigenvalue weighted by Crippen LogP contribution is -2.27. The van der Waals surface area contributed by atoms with Crippen molar-refractivity contribution < 1.29 is 14.1 Å². The van der Waals surface area contributed by atoms with Crippen molar-refractivity contribution in [2.24, 2.45) is 0 Å². The van der Waals surface area contributed by atoms with Gasteiger partial charge in [-0.15, -0.1) is 11.8 Å². The van der Waals surface area contributed by atoms with E-state index in [9.17, 15) is 19.3 Å². The molecule has 5 nitrogen and oxygen atoms in total. The zero-order valence-corrected chi connectivity index (χ0v) is 13.2. The summed E-state index contributed by atoms with van der Waals surface area (Å²) in [5.74, 6) is -0.488. The van der Waals surface area contributed by atoms with Crippen LogP contribution >= 0.6 is 23.4 Å². The summed E-state index contributed by atoms with van der Waals surface area (Å²) in [6.45, 7) is 0. The number of non-ortho nitro benzene ring substituents is 1. The smallest absolute Gasteiger partial charge is 0.269 e. The highest BCUT2D eigenvalue weighted by Crippen LogP contribution is 2.43. The van der Waals surface area contributed by atoms with Gasteiger partial charge in [-0.25, -0.2) is 4.39 Å². The van der Waals surface area contributed by atoms with Crippen LogP contribution in [0.3, 0.4) is 0 Å². The molecule has 0 aromatic heterocycles. The van der Waals surface area contributed by atoms with Crippen LogP contribution in [0.2, 0.25) is 5.02 Å². The Bertz CT molecular complexity index is 802. The van der Waals surface area contributed by atoms with E-state index in [4.69, 9.17) is 11.6 Å². The van der Waals surface area contributed by atoms with Crippen LogP contribution in [0, 0.1) is 15.9 Å². The molecule has 1 heterocycles. The summed E-state index contributed by atoms with van der Waals surface area (Å²) in [5.41, 5.74) is 1.05. The van der Waals surface area contributed by atoms with Crippen molar-refractivity contribution in [1.29, 1.82) is 0 Å². The van der Waals surface area contributed by atoms with Crippen LogP contribution in [-0.4, -0.2) is 16.6 Å². The van der Waals surface area contributed by atoms with Gasteiger partial charge in [-0.3, -0.25) is 19.8 Å². The van der Waals surface area contributed by atoms with Crippen LogP contribution in [0.1, 0.15) is 10.9 Å². The molecule has 3 rings (SSSR count). The molecule has 118 valence electrons.